The van der Waals surface area contributed by atoms with Crippen LogP contribution in [-0.4, -0.2) is 25.1 Å². The monoisotopic (exact) mass is 247 g/mol. The SMILES string of the molecule is CON(C)C(=O)Cc1coc2cc(C)c(C)cc12. The summed E-state index contributed by atoms with van der Waals surface area (Å²) in [7, 11) is 3.07. The Bertz CT molecular complexity index is 586. The first-order valence-electron chi connectivity index (χ1n) is 5.81. The van der Waals surface area contributed by atoms with Gasteiger partial charge in [-0.25, -0.2) is 5.06 Å². The molecular formula is C14H17NO3. The van der Waals surface area contributed by atoms with E-state index in [1.165, 1.54) is 23.3 Å². The first-order chi connectivity index (χ1) is 8.52. The smallest absolute Gasteiger partial charge is 0.250 e. The lowest BCUT2D eigenvalue weighted by molar-refractivity contribution is -0.167. The summed E-state index contributed by atoms with van der Waals surface area (Å²) < 4.78 is 5.49. The zero-order valence-corrected chi connectivity index (χ0v) is 11.1. The third kappa shape index (κ3) is 2.24. The molecule has 96 valence electrons. The summed E-state index contributed by atoms with van der Waals surface area (Å²) in [4.78, 5) is 16.7. The summed E-state index contributed by atoms with van der Waals surface area (Å²) in [6.07, 6.45) is 1.92. The molecule has 0 spiro atoms. The van der Waals surface area contributed by atoms with E-state index in [-0.39, 0.29) is 12.3 Å². The number of amides is 1. The van der Waals surface area contributed by atoms with E-state index in [0.29, 0.717) is 0 Å². The van der Waals surface area contributed by atoms with Crippen LogP contribution >= 0.6 is 0 Å². The van der Waals surface area contributed by atoms with Crippen molar-refractivity contribution in [3.63, 3.8) is 0 Å². The van der Waals surface area contributed by atoms with Crippen LogP contribution in [0.2, 0.25) is 0 Å². The van der Waals surface area contributed by atoms with Crippen molar-refractivity contribution >= 4 is 16.9 Å². The topological polar surface area (TPSA) is 42.7 Å². The number of rotatable bonds is 3. The van der Waals surface area contributed by atoms with E-state index >= 15 is 0 Å². The molecule has 0 saturated heterocycles. The number of hydrogen-bond donors (Lipinski definition) is 0. The minimum absolute atomic E-state index is 0.0987. The van der Waals surface area contributed by atoms with Crippen LogP contribution in [0.25, 0.3) is 11.0 Å². The number of likely N-dealkylation sites (N-methyl/N-ethyl adjacent to an activating group) is 1. The number of carbonyl (C=O) groups is 1. The van der Waals surface area contributed by atoms with Crippen molar-refractivity contribution in [2.75, 3.05) is 14.2 Å². The average Bonchev–Trinajstić information content (AvgIpc) is 2.71. The Labute approximate surface area is 106 Å². The van der Waals surface area contributed by atoms with Gasteiger partial charge in [-0.2, -0.15) is 0 Å². The molecule has 4 nitrogen and oxygen atoms in total. The van der Waals surface area contributed by atoms with E-state index < -0.39 is 0 Å². The lowest BCUT2D eigenvalue weighted by atomic mass is 10.0. The van der Waals surface area contributed by atoms with Crippen molar-refractivity contribution < 1.29 is 14.0 Å². The van der Waals surface area contributed by atoms with Gasteiger partial charge in [-0.15, -0.1) is 0 Å². The van der Waals surface area contributed by atoms with E-state index in [1.807, 2.05) is 13.0 Å². The Balaban J connectivity index is 2.35. The molecule has 4 heteroatoms. The highest BCUT2D eigenvalue weighted by Crippen LogP contribution is 2.25. The largest absolute Gasteiger partial charge is 0.464 e. The van der Waals surface area contributed by atoms with Crippen molar-refractivity contribution in [2.45, 2.75) is 20.3 Å². The number of hydrogen-bond acceptors (Lipinski definition) is 3. The molecule has 0 bridgehead atoms. The molecule has 2 aromatic rings. The summed E-state index contributed by atoms with van der Waals surface area (Å²) >= 11 is 0. The molecule has 1 amide bonds. The Hall–Kier alpha value is -1.81. The number of aryl methyl sites for hydroxylation is 2. The fourth-order valence-electron chi connectivity index (χ4n) is 1.85. The lowest BCUT2D eigenvalue weighted by Gasteiger charge is -2.12. The number of carbonyl (C=O) groups excluding carboxylic acids is 1. The van der Waals surface area contributed by atoms with Crippen LogP contribution in [0.15, 0.2) is 22.8 Å². The molecule has 18 heavy (non-hydrogen) atoms. The van der Waals surface area contributed by atoms with Crippen LogP contribution in [0.3, 0.4) is 0 Å². The quantitative estimate of drug-likeness (QED) is 0.783. The number of benzene rings is 1. The standard InChI is InChI=1S/C14H17NO3/c1-9-5-12-11(7-14(16)15(3)17-4)8-18-13(12)6-10(9)2/h5-6,8H,7H2,1-4H3. The molecule has 0 aliphatic rings. The fraction of sp³-hybridized carbons (Fsp3) is 0.357. The Morgan fingerprint density at radius 1 is 1.33 bits per heavy atom. The molecule has 0 unspecified atom stereocenters. The summed E-state index contributed by atoms with van der Waals surface area (Å²) in [6, 6.07) is 4.06. The predicted octanol–water partition coefficient (Wildman–Crippen LogP) is 2.61. The summed E-state index contributed by atoms with van der Waals surface area (Å²) in [5.41, 5.74) is 4.09. The van der Waals surface area contributed by atoms with E-state index in [4.69, 9.17) is 9.25 Å². The van der Waals surface area contributed by atoms with Crippen LogP contribution in [0.5, 0.6) is 0 Å². The van der Waals surface area contributed by atoms with E-state index in [9.17, 15) is 4.79 Å². The van der Waals surface area contributed by atoms with Gasteiger partial charge in [0, 0.05) is 18.0 Å². The van der Waals surface area contributed by atoms with Gasteiger partial charge in [-0.05, 0) is 37.1 Å². The van der Waals surface area contributed by atoms with Gasteiger partial charge in [-0.3, -0.25) is 9.63 Å². The fourth-order valence-corrected chi connectivity index (χ4v) is 1.85. The second-order valence-corrected chi connectivity index (χ2v) is 4.44. The van der Waals surface area contributed by atoms with Crippen molar-refractivity contribution in [2.24, 2.45) is 0 Å². The highest BCUT2D eigenvalue weighted by atomic mass is 16.7. The molecule has 0 aliphatic carbocycles. The average molecular weight is 247 g/mol. The van der Waals surface area contributed by atoms with Gasteiger partial charge in [0.25, 0.3) is 0 Å². The van der Waals surface area contributed by atoms with E-state index in [2.05, 4.69) is 13.0 Å². The number of hydroxylamine groups is 2. The third-order valence-corrected chi connectivity index (χ3v) is 3.24. The Kier molecular flexibility index (Phi) is 3.39. The highest BCUT2D eigenvalue weighted by molar-refractivity contribution is 5.88. The van der Waals surface area contributed by atoms with Gasteiger partial charge in [0.15, 0.2) is 0 Å². The Morgan fingerprint density at radius 2 is 2.00 bits per heavy atom. The molecule has 1 aromatic carbocycles. The minimum Gasteiger partial charge on any atom is -0.464 e. The third-order valence-electron chi connectivity index (χ3n) is 3.24. The van der Waals surface area contributed by atoms with Crippen molar-refractivity contribution in [1.82, 2.24) is 5.06 Å². The zero-order chi connectivity index (χ0) is 13.3. The molecule has 0 aliphatic heterocycles. The Morgan fingerprint density at radius 3 is 2.67 bits per heavy atom. The van der Waals surface area contributed by atoms with Gasteiger partial charge < -0.3 is 4.42 Å². The van der Waals surface area contributed by atoms with E-state index in [0.717, 1.165) is 16.5 Å². The van der Waals surface area contributed by atoms with Gasteiger partial charge >= 0.3 is 0 Å². The first-order valence-corrected chi connectivity index (χ1v) is 5.81. The second-order valence-electron chi connectivity index (χ2n) is 4.44. The van der Waals surface area contributed by atoms with Gasteiger partial charge in [0.2, 0.25) is 5.91 Å². The predicted molar refractivity (Wildman–Crippen MR) is 69.2 cm³/mol. The normalized spacial score (nSPS) is 10.9. The van der Waals surface area contributed by atoms with Crippen molar-refractivity contribution in [3.8, 4) is 0 Å². The lowest BCUT2D eigenvalue weighted by Crippen LogP contribution is -2.26. The van der Waals surface area contributed by atoms with Gasteiger partial charge in [0.1, 0.15) is 5.58 Å². The van der Waals surface area contributed by atoms with Crippen LogP contribution in [0, 0.1) is 13.8 Å². The van der Waals surface area contributed by atoms with Crippen molar-refractivity contribution in [3.05, 3.63) is 35.1 Å². The maximum absolute atomic E-state index is 11.8. The van der Waals surface area contributed by atoms with E-state index in [1.54, 1.807) is 13.3 Å². The first kappa shape index (κ1) is 12.6. The molecule has 0 saturated carbocycles. The van der Waals surface area contributed by atoms with Gasteiger partial charge in [0.05, 0.1) is 19.8 Å². The second kappa shape index (κ2) is 4.82. The van der Waals surface area contributed by atoms with Crippen LogP contribution in [-0.2, 0) is 16.1 Å². The summed E-state index contributed by atoms with van der Waals surface area (Å²) in [6.45, 7) is 4.09. The molecule has 0 radical (unpaired) electrons. The molecular weight excluding hydrogens is 230 g/mol. The van der Waals surface area contributed by atoms with Crippen LogP contribution < -0.4 is 0 Å². The minimum atomic E-state index is -0.0987. The molecule has 0 atom stereocenters. The molecule has 0 fully saturated rings. The molecule has 1 aromatic heterocycles. The molecule has 2 rings (SSSR count). The number of fused-ring (bicyclic) bond motifs is 1. The highest BCUT2D eigenvalue weighted by Gasteiger charge is 2.14. The maximum atomic E-state index is 11.8. The summed E-state index contributed by atoms with van der Waals surface area (Å²) in [5.74, 6) is -0.0987. The van der Waals surface area contributed by atoms with Crippen LogP contribution in [0.1, 0.15) is 16.7 Å². The van der Waals surface area contributed by atoms with Crippen LogP contribution in [0.4, 0.5) is 0 Å². The maximum Gasteiger partial charge on any atom is 0.250 e. The number of furan rings is 1. The summed E-state index contributed by atoms with van der Waals surface area (Å²) in [5, 5.41) is 2.22. The molecule has 1 heterocycles. The molecule has 0 N–H and O–H groups in total. The van der Waals surface area contributed by atoms with Crippen molar-refractivity contribution in [1.29, 1.82) is 0 Å². The number of nitrogens with zero attached hydrogens (tertiary/aromatic N) is 1. The zero-order valence-electron chi connectivity index (χ0n) is 11.1. The van der Waals surface area contributed by atoms with Gasteiger partial charge in [-0.1, -0.05) is 0 Å².